The molecule has 4 heteroatoms. The molecule has 0 atom stereocenters. The minimum atomic E-state index is -1.08. The third kappa shape index (κ3) is 6.95. The van der Waals surface area contributed by atoms with E-state index < -0.39 is 7.92 Å². The van der Waals surface area contributed by atoms with Gasteiger partial charge < -0.3 is 13.9 Å². The molecule has 1 heterocycles. The van der Waals surface area contributed by atoms with E-state index in [1.54, 1.807) is 0 Å². The first-order valence-corrected chi connectivity index (χ1v) is 18.4. The highest BCUT2D eigenvalue weighted by molar-refractivity contribution is 7.80. The number of methoxy groups -OCH3 is 2. The van der Waals surface area contributed by atoms with E-state index in [0.717, 1.165) is 33.8 Å². The van der Waals surface area contributed by atoms with E-state index in [0.29, 0.717) is 0 Å². The Hall–Kier alpha value is -3.55. The third-order valence-corrected chi connectivity index (χ3v) is 11.6. The lowest BCUT2D eigenvalue weighted by molar-refractivity contribution is 0.381. The Morgan fingerprint density at radius 1 is 0.500 bits per heavy atom. The molecule has 0 radical (unpaired) electrons. The Labute approximate surface area is 290 Å². The van der Waals surface area contributed by atoms with E-state index in [1.165, 1.54) is 38.2 Å². The van der Waals surface area contributed by atoms with Gasteiger partial charge in [-0.1, -0.05) is 126 Å². The first-order chi connectivity index (χ1) is 22.3. The predicted molar refractivity (Wildman–Crippen MR) is 208 cm³/mol. The van der Waals surface area contributed by atoms with Crippen LogP contribution in [0.15, 0.2) is 83.3 Å². The van der Waals surface area contributed by atoms with Gasteiger partial charge in [0.25, 0.3) is 0 Å². The zero-order valence-corrected chi connectivity index (χ0v) is 32.6. The zero-order valence-electron chi connectivity index (χ0n) is 31.7. The van der Waals surface area contributed by atoms with Crippen molar-refractivity contribution in [1.82, 2.24) is 0 Å². The van der Waals surface area contributed by atoms with Crippen molar-refractivity contribution in [3.05, 3.63) is 101 Å². The minimum Gasteiger partial charge on any atom is -0.496 e. The van der Waals surface area contributed by atoms with Crippen LogP contribution in [0.4, 0.5) is 0 Å². The first kappa shape index (κ1) is 35.7. The average molecular weight is 663 g/mol. The summed E-state index contributed by atoms with van der Waals surface area (Å²) in [7, 11) is 2.55. The number of para-hydroxylation sites is 1. The summed E-state index contributed by atoms with van der Waals surface area (Å²) in [5.74, 6) is 2.86. The second-order valence-corrected chi connectivity index (χ2v) is 19.3. The molecule has 0 N–H and O–H groups in total. The summed E-state index contributed by atoms with van der Waals surface area (Å²) in [6.45, 7) is 27.4. The fraction of sp³-hybridized carbons (Fsp3) is 0.409. The van der Waals surface area contributed by atoms with Crippen LogP contribution in [0.1, 0.15) is 105 Å². The van der Waals surface area contributed by atoms with Crippen molar-refractivity contribution < 1.29 is 13.9 Å². The quantitative estimate of drug-likeness (QED) is 0.170. The maximum Gasteiger partial charge on any atom is 0.136 e. The van der Waals surface area contributed by atoms with E-state index >= 15 is 0 Å². The molecular weight excluding hydrogens is 607 g/mol. The van der Waals surface area contributed by atoms with Crippen molar-refractivity contribution in [2.24, 2.45) is 0 Å². The molecule has 254 valence electrons. The highest BCUT2D eigenvalue weighted by atomic mass is 31.1. The number of ether oxygens (including phenoxy) is 2. The van der Waals surface area contributed by atoms with Gasteiger partial charge in [-0.25, -0.2) is 0 Å². The van der Waals surface area contributed by atoms with E-state index in [9.17, 15) is 0 Å². The number of furan rings is 1. The van der Waals surface area contributed by atoms with Gasteiger partial charge in [-0.15, -0.1) is 0 Å². The molecule has 0 fully saturated rings. The lowest BCUT2D eigenvalue weighted by Gasteiger charge is -2.34. The summed E-state index contributed by atoms with van der Waals surface area (Å²) < 4.78 is 19.0. The first-order valence-electron chi connectivity index (χ1n) is 17.1. The summed E-state index contributed by atoms with van der Waals surface area (Å²) >= 11 is 0. The summed E-state index contributed by atoms with van der Waals surface area (Å²) in [6, 6.07) is 29.0. The Morgan fingerprint density at radius 3 is 1.29 bits per heavy atom. The van der Waals surface area contributed by atoms with Crippen LogP contribution in [0.3, 0.4) is 0 Å². The van der Waals surface area contributed by atoms with Crippen LogP contribution in [0, 0.1) is 0 Å². The van der Waals surface area contributed by atoms with Crippen LogP contribution in [0.25, 0.3) is 22.3 Å². The molecule has 1 aromatic heterocycles. The van der Waals surface area contributed by atoms with Gasteiger partial charge in [-0.3, -0.25) is 0 Å². The van der Waals surface area contributed by atoms with Gasteiger partial charge in [0.05, 0.1) is 14.2 Å². The Bertz CT molecular complexity index is 1750. The summed E-state index contributed by atoms with van der Waals surface area (Å²) in [6.07, 6.45) is 0. The van der Waals surface area contributed by atoms with Gasteiger partial charge in [-0.2, -0.15) is 0 Å². The average Bonchev–Trinajstić information content (AvgIpc) is 3.43. The van der Waals surface area contributed by atoms with Crippen molar-refractivity contribution in [2.45, 2.75) is 105 Å². The predicted octanol–water partition coefficient (Wildman–Crippen LogP) is 11.1. The van der Waals surface area contributed by atoms with Crippen LogP contribution in [-0.4, -0.2) is 14.2 Å². The van der Waals surface area contributed by atoms with Crippen molar-refractivity contribution in [1.29, 1.82) is 0 Å². The summed E-state index contributed by atoms with van der Waals surface area (Å²) in [4.78, 5) is 0. The second-order valence-electron chi connectivity index (χ2n) is 17.1. The summed E-state index contributed by atoms with van der Waals surface area (Å²) in [5, 5.41) is 4.97. The molecule has 0 saturated heterocycles. The Balaban J connectivity index is 1.96. The molecule has 0 aliphatic rings. The minimum absolute atomic E-state index is 0.131. The highest BCUT2D eigenvalue weighted by Gasteiger charge is 2.34. The molecule has 0 unspecified atom stereocenters. The molecule has 0 aliphatic heterocycles. The third-order valence-electron chi connectivity index (χ3n) is 9.14. The van der Waals surface area contributed by atoms with E-state index in [4.69, 9.17) is 13.9 Å². The number of hydrogen-bond acceptors (Lipinski definition) is 3. The number of fused-ring (bicyclic) bond motifs is 1. The normalized spacial score (nSPS) is 13.0. The molecule has 0 bridgehead atoms. The molecule has 4 aromatic carbocycles. The standard InChI is InChI=1S/C44H55O3P/c1-41(2,3)32-24-29(25-33(39(32)45-13)42(4,5)6)48(30-26-34(43(7,8)9)40(46-14)35(27-30)44(10,11)12)38-22-18-16-20-31(38)37-23-28-19-15-17-21-36(28)47-37/h15-27H,1-14H3. The summed E-state index contributed by atoms with van der Waals surface area (Å²) in [5.41, 5.74) is 6.39. The Kier molecular flexibility index (Phi) is 9.48. The van der Waals surface area contributed by atoms with E-state index in [2.05, 4.69) is 150 Å². The van der Waals surface area contributed by atoms with Gasteiger partial charge in [0.2, 0.25) is 0 Å². The lowest BCUT2D eigenvalue weighted by Crippen LogP contribution is -2.29. The van der Waals surface area contributed by atoms with Gasteiger partial charge in [-0.05, 0) is 81.9 Å². The van der Waals surface area contributed by atoms with Crippen molar-refractivity contribution in [3.63, 3.8) is 0 Å². The van der Waals surface area contributed by atoms with Crippen molar-refractivity contribution in [2.75, 3.05) is 14.2 Å². The van der Waals surface area contributed by atoms with Crippen molar-refractivity contribution in [3.8, 4) is 22.8 Å². The van der Waals surface area contributed by atoms with Crippen LogP contribution < -0.4 is 25.4 Å². The van der Waals surface area contributed by atoms with Gasteiger partial charge in [0.1, 0.15) is 22.8 Å². The van der Waals surface area contributed by atoms with Gasteiger partial charge in [0.15, 0.2) is 0 Å². The molecule has 0 spiro atoms. The maximum atomic E-state index is 6.57. The number of hydrogen-bond donors (Lipinski definition) is 0. The van der Waals surface area contributed by atoms with E-state index in [-0.39, 0.29) is 21.7 Å². The number of rotatable bonds is 6. The fourth-order valence-corrected chi connectivity index (χ4v) is 9.12. The van der Waals surface area contributed by atoms with Crippen LogP contribution in [0.5, 0.6) is 11.5 Å². The van der Waals surface area contributed by atoms with Gasteiger partial charge in [0, 0.05) is 33.2 Å². The molecule has 5 rings (SSSR count). The second kappa shape index (κ2) is 12.7. The van der Waals surface area contributed by atoms with Crippen LogP contribution in [0.2, 0.25) is 0 Å². The highest BCUT2D eigenvalue weighted by Crippen LogP contribution is 2.47. The van der Waals surface area contributed by atoms with Crippen LogP contribution >= 0.6 is 7.92 Å². The molecule has 3 nitrogen and oxygen atoms in total. The Morgan fingerprint density at radius 2 is 0.896 bits per heavy atom. The smallest absolute Gasteiger partial charge is 0.136 e. The zero-order chi connectivity index (χ0) is 35.4. The van der Waals surface area contributed by atoms with Gasteiger partial charge >= 0.3 is 0 Å². The molecule has 48 heavy (non-hydrogen) atoms. The maximum absolute atomic E-state index is 6.57. The molecule has 5 aromatic rings. The molecule has 0 saturated carbocycles. The monoisotopic (exact) mass is 662 g/mol. The van der Waals surface area contributed by atoms with Crippen molar-refractivity contribution >= 4 is 34.8 Å². The molecular formula is C44H55O3P. The molecule has 0 aliphatic carbocycles. The largest absolute Gasteiger partial charge is 0.496 e. The van der Waals surface area contributed by atoms with E-state index in [1.807, 2.05) is 26.4 Å². The SMILES string of the molecule is COc1c(C(C)(C)C)cc(P(c2cc(C(C)(C)C)c(OC)c(C(C)(C)C)c2)c2ccccc2-c2cc3ccccc3o2)cc1C(C)(C)C. The van der Waals surface area contributed by atoms with Crippen LogP contribution in [-0.2, 0) is 21.7 Å². The number of benzene rings is 4. The topological polar surface area (TPSA) is 31.6 Å². The fourth-order valence-electron chi connectivity index (χ4n) is 6.57. The lowest BCUT2D eigenvalue weighted by atomic mass is 9.79. The molecule has 0 amide bonds.